The van der Waals surface area contributed by atoms with Crippen molar-refractivity contribution in [1.29, 1.82) is 0 Å². The summed E-state index contributed by atoms with van der Waals surface area (Å²) in [6, 6.07) is 4.72. The number of carbonyl (C=O) groups excluding carboxylic acids is 1. The molecule has 1 aromatic carbocycles. The highest BCUT2D eigenvalue weighted by molar-refractivity contribution is 6.04. The van der Waals surface area contributed by atoms with Gasteiger partial charge in [0.15, 0.2) is 0 Å². The molecule has 8 heteroatoms. The van der Waals surface area contributed by atoms with Crippen molar-refractivity contribution in [1.82, 2.24) is 5.32 Å². The fourth-order valence-electron chi connectivity index (χ4n) is 1.97. The average molecular weight is 337 g/mol. The molecule has 0 unspecified atom stereocenters. The monoisotopic (exact) mass is 337 g/mol. The van der Waals surface area contributed by atoms with E-state index in [9.17, 15) is 14.8 Å². The summed E-state index contributed by atoms with van der Waals surface area (Å²) >= 11 is 0. The molecule has 0 heterocycles. The molecule has 0 bridgehead atoms. The smallest absolute Gasteiger partial charge is 0.407 e. The molecule has 0 aliphatic carbocycles. The predicted octanol–water partition coefficient (Wildman–Crippen LogP) is 1.99. The van der Waals surface area contributed by atoms with Crippen LogP contribution in [0.4, 0.5) is 10.5 Å². The number of nitrogens with zero attached hydrogens (tertiary/aromatic N) is 1. The summed E-state index contributed by atoms with van der Waals surface area (Å²) in [5.74, 6) is -0.972. The number of hydrogen-bond donors (Lipinski definition) is 4. The van der Waals surface area contributed by atoms with Crippen LogP contribution in [-0.2, 0) is 16.0 Å². The second kappa shape index (κ2) is 8.19. The predicted molar refractivity (Wildman–Crippen MR) is 89.4 cm³/mol. The van der Waals surface area contributed by atoms with E-state index in [0.717, 1.165) is 0 Å². The molecule has 132 valence electrons. The van der Waals surface area contributed by atoms with Crippen molar-refractivity contribution in [2.75, 3.05) is 12.3 Å². The van der Waals surface area contributed by atoms with Crippen LogP contribution in [0.25, 0.3) is 0 Å². The summed E-state index contributed by atoms with van der Waals surface area (Å²) in [6.45, 7) is 5.43. The molecule has 0 aliphatic heterocycles. The largest absolute Gasteiger partial charge is 0.481 e. The quantitative estimate of drug-likeness (QED) is 0.271. The second-order valence-corrected chi connectivity index (χ2v) is 6.22. The number of anilines is 1. The number of amides is 1. The van der Waals surface area contributed by atoms with Crippen molar-refractivity contribution in [3.05, 3.63) is 29.3 Å². The molecule has 1 rings (SSSR count). The van der Waals surface area contributed by atoms with Crippen LogP contribution in [0.5, 0.6) is 0 Å². The zero-order chi connectivity index (χ0) is 18.3. The summed E-state index contributed by atoms with van der Waals surface area (Å²) in [7, 11) is 0. The van der Waals surface area contributed by atoms with E-state index in [2.05, 4.69) is 10.5 Å². The fourth-order valence-corrected chi connectivity index (χ4v) is 1.97. The SMILES string of the molecule is CC(C)(C)OC(=O)NCCC(=NO)c1cc(CC(=O)O)ccc1N. The van der Waals surface area contributed by atoms with E-state index in [4.69, 9.17) is 15.6 Å². The summed E-state index contributed by atoms with van der Waals surface area (Å²) in [5.41, 5.74) is 6.83. The number of benzene rings is 1. The number of nitrogens with two attached hydrogens (primary N) is 1. The number of carbonyl (C=O) groups is 2. The molecule has 24 heavy (non-hydrogen) atoms. The van der Waals surface area contributed by atoms with Crippen LogP contribution in [-0.4, -0.2) is 40.2 Å². The van der Waals surface area contributed by atoms with Crippen LogP contribution < -0.4 is 11.1 Å². The molecular formula is C16H23N3O5. The third kappa shape index (κ3) is 6.55. The van der Waals surface area contributed by atoms with Crippen LogP contribution in [0.2, 0.25) is 0 Å². The Bertz CT molecular complexity index is 635. The number of hydrogen-bond acceptors (Lipinski definition) is 6. The Kier molecular flexibility index (Phi) is 6.58. The van der Waals surface area contributed by atoms with E-state index in [1.165, 1.54) is 0 Å². The van der Waals surface area contributed by atoms with E-state index in [1.807, 2.05) is 0 Å². The number of nitrogen functional groups attached to an aromatic ring is 1. The maximum Gasteiger partial charge on any atom is 0.407 e. The zero-order valence-electron chi connectivity index (χ0n) is 14.0. The minimum atomic E-state index is -0.972. The van der Waals surface area contributed by atoms with Gasteiger partial charge >= 0.3 is 12.1 Å². The molecule has 8 nitrogen and oxygen atoms in total. The number of carboxylic acids is 1. The van der Waals surface area contributed by atoms with Crippen LogP contribution in [0.1, 0.15) is 38.3 Å². The van der Waals surface area contributed by atoms with Gasteiger partial charge in [0.2, 0.25) is 0 Å². The highest BCUT2D eigenvalue weighted by atomic mass is 16.6. The molecular weight excluding hydrogens is 314 g/mol. The van der Waals surface area contributed by atoms with E-state index in [0.29, 0.717) is 16.8 Å². The Labute approximate surface area is 140 Å². The third-order valence-electron chi connectivity index (χ3n) is 2.93. The molecule has 0 saturated heterocycles. The van der Waals surface area contributed by atoms with Gasteiger partial charge in [0.25, 0.3) is 0 Å². The summed E-state index contributed by atoms with van der Waals surface area (Å²) in [4.78, 5) is 22.4. The van der Waals surface area contributed by atoms with E-state index in [1.54, 1.807) is 39.0 Å². The standard InChI is InChI=1S/C16H23N3O5/c1-16(2,3)24-15(22)18-7-6-13(19-23)11-8-10(9-14(20)21)4-5-12(11)17/h4-5,8,23H,6-7,9,17H2,1-3H3,(H,18,22)(H,20,21). The van der Waals surface area contributed by atoms with Gasteiger partial charge in [-0.25, -0.2) is 4.79 Å². The molecule has 0 radical (unpaired) electrons. The van der Waals surface area contributed by atoms with Gasteiger partial charge in [-0.05, 0) is 38.5 Å². The molecule has 1 aromatic rings. The topological polar surface area (TPSA) is 134 Å². The Morgan fingerprint density at radius 2 is 2.00 bits per heavy atom. The highest BCUT2D eigenvalue weighted by Gasteiger charge is 2.16. The van der Waals surface area contributed by atoms with Crippen LogP contribution in [0.3, 0.4) is 0 Å². The van der Waals surface area contributed by atoms with Crippen molar-refractivity contribution in [3.8, 4) is 0 Å². The Balaban J connectivity index is 2.73. The van der Waals surface area contributed by atoms with Gasteiger partial charge < -0.3 is 26.1 Å². The Hall–Kier alpha value is -2.77. The van der Waals surface area contributed by atoms with Crippen LogP contribution >= 0.6 is 0 Å². The minimum absolute atomic E-state index is 0.165. The third-order valence-corrected chi connectivity index (χ3v) is 2.93. The van der Waals surface area contributed by atoms with Gasteiger partial charge in [-0.2, -0.15) is 0 Å². The molecule has 0 aromatic heterocycles. The lowest BCUT2D eigenvalue weighted by molar-refractivity contribution is -0.136. The van der Waals surface area contributed by atoms with E-state index >= 15 is 0 Å². The number of carboxylic acid groups (broad SMARTS) is 1. The van der Waals surface area contributed by atoms with Crippen molar-refractivity contribution < 1.29 is 24.6 Å². The molecule has 0 fully saturated rings. The first-order valence-electron chi connectivity index (χ1n) is 7.40. The number of nitrogens with one attached hydrogen (secondary N) is 1. The molecule has 0 spiro atoms. The van der Waals surface area contributed by atoms with Gasteiger partial charge in [-0.3, -0.25) is 4.79 Å². The summed E-state index contributed by atoms with van der Waals surface area (Å²) < 4.78 is 5.10. The molecule has 0 aliphatic rings. The molecule has 1 amide bonds. The van der Waals surface area contributed by atoms with Gasteiger partial charge in [-0.1, -0.05) is 11.2 Å². The number of alkyl carbamates (subject to hydrolysis) is 1. The van der Waals surface area contributed by atoms with Crippen LogP contribution in [0.15, 0.2) is 23.4 Å². The normalized spacial score (nSPS) is 11.9. The van der Waals surface area contributed by atoms with Gasteiger partial charge in [0.1, 0.15) is 5.60 Å². The minimum Gasteiger partial charge on any atom is -0.481 e. The number of ether oxygens (including phenoxy) is 1. The van der Waals surface area contributed by atoms with Crippen LogP contribution in [0, 0.1) is 0 Å². The number of oxime groups is 1. The fraction of sp³-hybridized carbons (Fsp3) is 0.438. The Morgan fingerprint density at radius 3 is 2.54 bits per heavy atom. The average Bonchev–Trinajstić information content (AvgIpc) is 2.43. The molecule has 5 N–H and O–H groups in total. The van der Waals surface area contributed by atoms with Crippen molar-refractivity contribution in [2.45, 2.75) is 39.2 Å². The summed E-state index contributed by atoms with van der Waals surface area (Å²) in [6.07, 6.45) is -0.536. The van der Waals surface area contributed by atoms with E-state index < -0.39 is 17.7 Å². The molecule has 0 atom stereocenters. The maximum atomic E-state index is 11.6. The first-order chi connectivity index (χ1) is 11.1. The van der Waals surface area contributed by atoms with Crippen molar-refractivity contribution in [3.63, 3.8) is 0 Å². The second-order valence-electron chi connectivity index (χ2n) is 6.22. The highest BCUT2D eigenvalue weighted by Crippen LogP contribution is 2.17. The van der Waals surface area contributed by atoms with E-state index in [-0.39, 0.29) is 25.1 Å². The lowest BCUT2D eigenvalue weighted by atomic mass is 10.0. The number of aliphatic carboxylic acids is 1. The lowest BCUT2D eigenvalue weighted by Gasteiger charge is -2.19. The van der Waals surface area contributed by atoms with Crippen molar-refractivity contribution >= 4 is 23.5 Å². The van der Waals surface area contributed by atoms with Gasteiger partial charge in [0.05, 0.1) is 12.1 Å². The zero-order valence-corrected chi connectivity index (χ0v) is 14.0. The van der Waals surface area contributed by atoms with Gasteiger partial charge in [0, 0.05) is 24.2 Å². The lowest BCUT2D eigenvalue weighted by Crippen LogP contribution is -2.33. The van der Waals surface area contributed by atoms with Gasteiger partial charge in [-0.15, -0.1) is 0 Å². The first-order valence-corrected chi connectivity index (χ1v) is 7.40. The number of rotatable bonds is 6. The maximum absolute atomic E-state index is 11.6. The first kappa shape index (κ1) is 19.3. The van der Waals surface area contributed by atoms with Crippen molar-refractivity contribution in [2.24, 2.45) is 5.16 Å². The molecule has 0 saturated carbocycles. The Morgan fingerprint density at radius 1 is 1.33 bits per heavy atom. The summed E-state index contributed by atoms with van der Waals surface area (Å²) in [5, 5.41) is 23.8.